The van der Waals surface area contributed by atoms with E-state index in [4.69, 9.17) is 5.73 Å². The van der Waals surface area contributed by atoms with E-state index in [1.165, 1.54) is 12.1 Å². The van der Waals surface area contributed by atoms with Crippen molar-refractivity contribution in [2.24, 2.45) is 0 Å². The van der Waals surface area contributed by atoms with Crippen molar-refractivity contribution >= 4 is 11.7 Å². The van der Waals surface area contributed by atoms with E-state index in [0.29, 0.717) is 0 Å². The summed E-state index contributed by atoms with van der Waals surface area (Å²) in [4.78, 5) is 11.5. The van der Waals surface area contributed by atoms with Crippen molar-refractivity contribution in [3.63, 3.8) is 0 Å². The highest BCUT2D eigenvalue weighted by atomic mass is 19.3. The second-order valence-corrected chi connectivity index (χ2v) is 4.94. The molecule has 1 aliphatic carbocycles. The van der Waals surface area contributed by atoms with Gasteiger partial charge in [-0.15, -0.1) is 0 Å². The van der Waals surface area contributed by atoms with Gasteiger partial charge in [0, 0.05) is 12.8 Å². The Morgan fingerprint density at radius 2 is 1.79 bits per heavy atom. The molecule has 0 aliphatic heterocycles. The zero-order valence-electron chi connectivity index (χ0n) is 10.1. The molecule has 1 aromatic carbocycles. The van der Waals surface area contributed by atoms with Crippen LogP contribution in [-0.4, -0.2) is 17.0 Å². The lowest BCUT2D eigenvalue weighted by Crippen LogP contribution is -2.43. The number of carbonyl (C=O) groups is 1. The SMILES string of the molecule is Nc1c(F)cccc1C1(C(=O)O)CCC(F)(F)CC1. The second kappa shape index (κ2) is 4.43. The molecule has 3 nitrogen and oxygen atoms in total. The third-order valence-corrected chi connectivity index (χ3v) is 3.81. The number of hydrogen-bond acceptors (Lipinski definition) is 2. The molecule has 1 saturated carbocycles. The van der Waals surface area contributed by atoms with E-state index in [1.807, 2.05) is 0 Å². The summed E-state index contributed by atoms with van der Waals surface area (Å²) in [5.41, 5.74) is 3.88. The van der Waals surface area contributed by atoms with Gasteiger partial charge >= 0.3 is 5.97 Å². The molecule has 104 valence electrons. The standard InChI is InChI=1S/C13H14F3NO2/c14-9-3-1-2-8(10(9)17)12(11(18)19)4-6-13(15,16)7-5-12/h1-3H,4-7,17H2,(H,18,19). The molecule has 0 amide bonds. The van der Waals surface area contributed by atoms with Crippen molar-refractivity contribution in [1.82, 2.24) is 0 Å². The first-order chi connectivity index (χ1) is 8.78. The van der Waals surface area contributed by atoms with Gasteiger partial charge in [0.05, 0.1) is 11.1 Å². The molecule has 0 spiro atoms. The van der Waals surface area contributed by atoms with Crippen molar-refractivity contribution < 1.29 is 23.1 Å². The first kappa shape index (κ1) is 13.7. The first-order valence-corrected chi connectivity index (χ1v) is 5.94. The average molecular weight is 273 g/mol. The van der Waals surface area contributed by atoms with Gasteiger partial charge in [0.2, 0.25) is 5.92 Å². The van der Waals surface area contributed by atoms with Crippen LogP contribution in [-0.2, 0) is 10.2 Å². The third-order valence-electron chi connectivity index (χ3n) is 3.81. The Morgan fingerprint density at radius 1 is 1.21 bits per heavy atom. The summed E-state index contributed by atoms with van der Waals surface area (Å²) in [6.45, 7) is 0. The van der Waals surface area contributed by atoms with Crippen molar-refractivity contribution in [2.75, 3.05) is 5.73 Å². The number of nitrogens with two attached hydrogens (primary N) is 1. The van der Waals surface area contributed by atoms with Crippen LogP contribution in [0.25, 0.3) is 0 Å². The normalized spacial score (nSPS) is 21.0. The van der Waals surface area contributed by atoms with E-state index >= 15 is 0 Å². The Morgan fingerprint density at radius 3 is 2.32 bits per heavy atom. The molecule has 1 aromatic rings. The summed E-state index contributed by atoms with van der Waals surface area (Å²) in [5.74, 6) is -4.82. The summed E-state index contributed by atoms with van der Waals surface area (Å²) >= 11 is 0. The van der Waals surface area contributed by atoms with Crippen molar-refractivity contribution in [1.29, 1.82) is 0 Å². The smallest absolute Gasteiger partial charge is 0.314 e. The zero-order valence-corrected chi connectivity index (χ0v) is 10.1. The minimum atomic E-state index is -2.86. The van der Waals surface area contributed by atoms with E-state index < -0.39 is 36.0 Å². The summed E-state index contributed by atoms with van der Waals surface area (Å²) < 4.78 is 39.9. The number of alkyl halides is 2. The fourth-order valence-electron chi connectivity index (χ4n) is 2.60. The molecule has 0 bridgehead atoms. The van der Waals surface area contributed by atoms with E-state index in [-0.39, 0.29) is 24.1 Å². The molecule has 6 heteroatoms. The van der Waals surface area contributed by atoms with E-state index in [0.717, 1.165) is 6.07 Å². The molecule has 0 atom stereocenters. The molecular weight excluding hydrogens is 259 g/mol. The number of halogens is 3. The molecule has 0 heterocycles. The third kappa shape index (κ3) is 2.27. The molecule has 3 N–H and O–H groups in total. The molecule has 19 heavy (non-hydrogen) atoms. The zero-order chi connectivity index (χ0) is 14.3. The van der Waals surface area contributed by atoms with E-state index in [2.05, 4.69) is 0 Å². The minimum Gasteiger partial charge on any atom is -0.481 e. The Hall–Kier alpha value is -1.72. The summed E-state index contributed by atoms with van der Waals surface area (Å²) in [5, 5.41) is 9.40. The fraction of sp³-hybridized carbons (Fsp3) is 0.462. The maximum absolute atomic E-state index is 13.5. The van der Waals surface area contributed by atoms with Gasteiger partial charge in [-0.1, -0.05) is 12.1 Å². The first-order valence-electron chi connectivity index (χ1n) is 5.94. The summed E-state index contributed by atoms with van der Waals surface area (Å²) in [7, 11) is 0. The van der Waals surface area contributed by atoms with Gasteiger partial charge in [-0.2, -0.15) is 0 Å². The Balaban J connectivity index is 2.47. The lowest BCUT2D eigenvalue weighted by Gasteiger charge is -2.37. The average Bonchev–Trinajstić information content (AvgIpc) is 2.33. The molecule has 0 radical (unpaired) electrons. The highest BCUT2D eigenvalue weighted by Crippen LogP contribution is 2.47. The van der Waals surface area contributed by atoms with Crippen LogP contribution >= 0.6 is 0 Å². The number of benzene rings is 1. The minimum absolute atomic E-state index is 0.0931. The monoisotopic (exact) mass is 273 g/mol. The maximum atomic E-state index is 13.5. The lowest BCUT2D eigenvalue weighted by atomic mass is 9.68. The highest BCUT2D eigenvalue weighted by Gasteiger charge is 2.50. The van der Waals surface area contributed by atoms with Crippen LogP contribution in [0.15, 0.2) is 18.2 Å². The van der Waals surface area contributed by atoms with Crippen LogP contribution in [0.3, 0.4) is 0 Å². The lowest BCUT2D eigenvalue weighted by molar-refractivity contribution is -0.149. The number of anilines is 1. The molecule has 0 saturated heterocycles. The van der Waals surface area contributed by atoms with Gasteiger partial charge in [0.25, 0.3) is 0 Å². The Labute approximate surface area is 108 Å². The topological polar surface area (TPSA) is 63.3 Å². The molecule has 2 rings (SSSR count). The van der Waals surface area contributed by atoms with Crippen LogP contribution in [0.4, 0.5) is 18.9 Å². The number of nitrogen functional groups attached to an aromatic ring is 1. The number of carboxylic acid groups (broad SMARTS) is 1. The van der Waals surface area contributed by atoms with Crippen molar-refractivity contribution in [2.45, 2.75) is 37.0 Å². The molecular formula is C13H14F3NO2. The van der Waals surface area contributed by atoms with Crippen LogP contribution in [0, 0.1) is 5.82 Å². The largest absolute Gasteiger partial charge is 0.481 e. The number of para-hydroxylation sites is 1. The molecule has 1 aliphatic rings. The Bertz CT molecular complexity index is 507. The number of rotatable bonds is 2. The number of carboxylic acids is 1. The van der Waals surface area contributed by atoms with Crippen LogP contribution in [0.1, 0.15) is 31.2 Å². The number of hydrogen-bond donors (Lipinski definition) is 2. The predicted octanol–water partition coefficient (Wildman–Crippen LogP) is 2.94. The van der Waals surface area contributed by atoms with Crippen LogP contribution in [0.5, 0.6) is 0 Å². The predicted molar refractivity (Wildman–Crippen MR) is 63.5 cm³/mol. The molecule has 0 unspecified atom stereocenters. The fourth-order valence-corrected chi connectivity index (χ4v) is 2.60. The van der Waals surface area contributed by atoms with Gasteiger partial charge in [0.1, 0.15) is 5.82 Å². The maximum Gasteiger partial charge on any atom is 0.314 e. The van der Waals surface area contributed by atoms with E-state index in [1.54, 1.807) is 0 Å². The second-order valence-electron chi connectivity index (χ2n) is 4.94. The molecule has 1 fully saturated rings. The van der Waals surface area contributed by atoms with Crippen molar-refractivity contribution in [3.05, 3.63) is 29.6 Å². The van der Waals surface area contributed by atoms with Gasteiger partial charge in [-0.05, 0) is 24.5 Å². The summed E-state index contributed by atoms with van der Waals surface area (Å²) in [6, 6.07) is 3.86. The van der Waals surface area contributed by atoms with Crippen LogP contribution in [0.2, 0.25) is 0 Å². The summed E-state index contributed by atoms with van der Waals surface area (Å²) in [6.07, 6.45) is -1.56. The van der Waals surface area contributed by atoms with Gasteiger partial charge < -0.3 is 10.8 Å². The Kier molecular flexibility index (Phi) is 3.20. The van der Waals surface area contributed by atoms with Crippen LogP contribution < -0.4 is 5.73 Å². The van der Waals surface area contributed by atoms with Gasteiger partial charge in [-0.25, -0.2) is 13.2 Å². The molecule has 0 aromatic heterocycles. The quantitative estimate of drug-likeness (QED) is 0.814. The van der Waals surface area contributed by atoms with E-state index in [9.17, 15) is 23.1 Å². The van der Waals surface area contributed by atoms with Gasteiger partial charge in [-0.3, -0.25) is 4.79 Å². The number of aliphatic carboxylic acids is 1. The highest BCUT2D eigenvalue weighted by molar-refractivity contribution is 5.84. The van der Waals surface area contributed by atoms with Crippen molar-refractivity contribution in [3.8, 4) is 0 Å². The van der Waals surface area contributed by atoms with Gasteiger partial charge in [0.15, 0.2) is 0 Å².